The SMILES string of the molecule is O=P(O)(O)C(C(F)(F)F)S(=O)(=O)C[C@H]1O[C@@H](n2nnc3c(NC4CCCC4)cc(Cl)nc32)[C@H](O)[C@@H]1O.O=P(O)(O)C(Cc1ccccc1)S(=O)(=O)C[C@H]1O[C@@H](n2nnc3c(NC4CCCC4)cc(Cl)nc32)[C@H](O)[C@@H]1O.O=P(O)(O)C(c1nn[nH]n1)S(=O)(=O)C[C@H]1O[C@@H](n2nnc3c(NC4CCCC4)cc(Cl)nc32)[C@H](O)[C@@H]1O. The van der Waals surface area contributed by atoms with E-state index < -0.39 is 177 Å². The summed E-state index contributed by atoms with van der Waals surface area (Å²) in [5, 5.41) is 110. The normalized spacial score (nSPS) is 26.2. The highest BCUT2D eigenvalue weighted by atomic mass is 35.5. The Morgan fingerprint density at radius 1 is 0.500 bits per heavy atom. The van der Waals surface area contributed by atoms with E-state index in [-0.39, 0.29) is 56.0 Å². The molecule has 1 aromatic carbocycles. The maximum Gasteiger partial charge on any atom is 0.417 e. The second kappa shape index (κ2) is 33.5. The third-order valence-electron chi connectivity index (χ3n) is 19.5. The van der Waals surface area contributed by atoms with Gasteiger partial charge in [-0.25, -0.2) is 40.2 Å². The fraction of sp³-hybridized carbons (Fsp3) is 0.614. The van der Waals surface area contributed by atoms with Crippen molar-refractivity contribution in [1.82, 2.24) is 80.6 Å². The van der Waals surface area contributed by atoms with Gasteiger partial charge in [0.25, 0.3) is 4.99 Å². The van der Waals surface area contributed by atoms with Crippen molar-refractivity contribution < 1.29 is 126 Å². The van der Waals surface area contributed by atoms with E-state index in [2.05, 4.69) is 77.2 Å². The lowest BCUT2D eigenvalue weighted by atomic mass is 10.1. The molecule has 6 fully saturated rings. The number of fused-ring (bicyclic) bond motifs is 3. The molecule has 112 heavy (non-hydrogen) atoms. The molecule has 43 nitrogen and oxygen atoms in total. The number of pyridine rings is 3. The Hall–Kier alpha value is -6.06. The monoisotopic (exact) mass is 1760 g/mol. The predicted octanol–water partition coefficient (Wildman–Crippen LogP) is 1.81. The number of nitrogens with one attached hydrogen (secondary N) is 4. The van der Waals surface area contributed by atoms with Gasteiger partial charge in [-0.1, -0.05) is 125 Å². The van der Waals surface area contributed by atoms with Crippen molar-refractivity contribution >= 4 is 138 Å². The van der Waals surface area contributed by atoms with Crippen LogP contribution in [0.5, 0.6) is 0 Å². The van der Waals surface area contributed by atoms with Crippen LogP contribution in [0.3, 0.4) is 0 Å². The molecule has 0 amide bonds. The number of nitrogens with zero attached hydrogens (tertiary/aromatic N) is 15. The third kappa shape index (κ3) is 18.8. The second-order valence-electron chi connectivity index (χ2n) is 27.5. The number of aromatic amines is 1. The summed E-state index contributed by atoms with van der Waals surface area (Å²) < 4.78 is 172. The van der Waals surface area contributed by atoms with Gasteiger partial charge in [0.15, 0.2) is 86.7 Å². The molecule has 3 aliphatic carbocycles. The molecule has 16 N–H and O–H groups in total. The number of tetrazole rings is 1. The van der Waals surface area contributed by atoms with Crippen molar-refractivity contribution in [2.24, 2.45) is 0 Å². The van der Waals surface area contributed by atoms with E-state index in [1.807, 2.05) is 5.21 Å². The zero-order valence-corrected chi connectivity index (χ0v) is 65.0. The van der Waals surface area contributed by atoms with Crippen molar-refractivity contribution in [3.8, 4) is 0 Å². The van der Waals surface area contributed by atoms with Crippen molar-refractivity contribution in [3.63, 3.8) is 0 Å². The van der Waals surface area contributed by atoms with Crippen LogP contribution >= 0.6 is 57.6 Å². The summed E-state index contributed by atoms with van der Waals surface area (Å²) in [5.41, 5.74) is 3.22. The fourth-order valence-corrected chi connectivity index (χ4v) is 25.9. The minimum Gasteiger partial charge on any atom is -0.387 e. The maximum atomic E-state index is 13.2. The van der Waals surface area contributed by atoms with E-state index in [1.54, 1.807) is 42.5 Å². The van der Waals surface area contributed by atoms with Crippen LogP contribution in [-0.4, -0.2) is 272 Å². The number of hydrogen-bond donors (Lipinski definition) is 16. The van der Waals surface area contributed by atoms with Gasteiger partial charge < -0.3 is 90.2 Å². The highest BCUT2D eigenvalue weighted by Crippen LogP contribution is 2.56. The fourth-order valence-electron chi connectivity index (χ4n) is 14.2. The van der Waals surface area contributed by atoms with Crippen molar-refractivity contribution in [1.29, 1.82) is 0 Å². The first-order valence-electron chi connectivity index (χ1n) is 34.2. The van der Waals surface area contributed by atoms with Crippen LogP contribution in [0.25, 0.3) is 33.5 Å². The van der Waals surface area contributed by atoms with E-state index >= 15 is 0 Å². The zero-order chi connectivity index (χ0) is 81.1. The van der Waals surface area contributed by atoms with Gasteiger partial charge in [-0.05, 0) is 44.1 Å². The van der Waals surface area contributed by atoms with Crippen LogP contribution in [-0.2, 0) is 63.8 Å². The Morgan fingerprint density at radius 2 is 0.848 bits per heavy atom. The molecular weight excluding hydrogens is 1690 g/mol. The van der Waals surface area contributed by atoms with E-state index in [1.165, 1.54) is 6.07 Å². The number of aliphatic hydroxyl groups excluding tert-OH is 6. The first kappa shape index (κ1) is 85.3. The summed E-state index contributed by atoms with van der Waals surface area (Å²) in [5.74, 6) is -4.42. The van der Waals surface area contributed by atoms with Crippen molar-refractivity contribution in [2.45, 2.75) is 196 Å². The number of hydrogen-bond acceptors (Lipinski definition) is 33. The number of aliphatic hydroxyl groups is 6. The maximum absolute atomic E-state index is 13.2. The number of ether oxygens (including phenoxy) is 3. The summed E-state index contributed by atoms with van der Waals surface area (Å²) in [7, 11) is -31.5. The zero-order valence-electron chi connectivity index (χ0n) is 57.6. The van der Waals surface area contributed by atoms with Crippen molar-refractivity contribution in [3.05, 3.63) is 75.4 Å². The Balaban J connectivity index is 0.000000156. The first-order chi connectivity index (χ1) is 52.5. The average molecular weight is 1760 g/mol. The topological polar surface area (TPSA) is 645 Å². The minimum absolute atomic E-state index is 0.00775. The molecule has 14 rings (SSSR count). The molecule has 0 spiro atoms. The highest BCUT2D eigenvalue weighted by molar-refractivity contribution is 7.99. The summed E-state index contributed by atoms with van der Waals surface area (Å²) in [6.45, 7) is 0. The van der Waals surface area contributed by atoms with Crippen LogP contribution in [0.1, 0.15) is 112 Å². The summed E-state index contributed by atoms with van der Waals surface area (Å²) in [4.78, 5) is 61.1. The number of benzene rings is 1. The number of aromatic nitrogens is 16. The number of sulfone groups is 3. The van der Waals surface area contributed by atoms with Gasteiger partial charge in [0.1, 0.15) is 70.4 Å². The van der Waals surface area contributed by atoms with Gasteiger partial charge in [-0.2, -0.15) is 32.4 Å². The van der Waals surface area contributed by atoms with Crippen LogP contribution in [0.4, 0.5) is 30.2 Å². The smallest absolute Gasteiger partial charge is 0.387 e. The first-order valence-corrected chi connectivity index (χ1v) is 45.5. The molecule has 0 radical (unpaired) electrons. The van der Waals surface area contributed by atoms with Gasteiger partial charge in [-0.15, -0.1) is 25.5 Å². The van der Waals surface area contributed by atoms with Gasteiger partial charge in [-0.3, -0.25) is 13.7 Å². The van der Waals surface area contributed by atoms with Gasteiger partial charge in [0.2, 0.25) is 10.8 Å². The van der Waals surface area contributed by atoms with Crippen molar-refractivity contribution in [2.75, 3.05) is 33.2 Å². The largest absolute Gasteiger partial charge is 0.417 e. The summed E-state index contributed by atoms with van der Waals surface area (Å²) >= 11 is 18.6. The predicted molar refractivity (Wildman–Crippen MR) is 385 cm³/mol. The molecule has 3 aliphatic heterocycles. The van der Waals surface area contributed by atoms with Crippen LogP contribution < -0.4 is 16.0 Å². The Morgan fingerprint density at radius 3 is 1.16 bits per heavy atom. The van der Waals surface area contributed by atoms with Gasteiger partial charge in [0, 0.05) is 42.7 Å². The van der Waals surface area contributed by atoms with E-state index in [0.29, 0.717) is 33.7 Å². The Labute approximate surface area is 645 Å². The molecule has 7 aromatic heterocycles. The third-order valence-corrected chi connectivity index (χ3v) is 33.3. The molecule has 616 valence electrons. The lowest BCUT2D eigenvalue weighted by molar-refractivity contribution is -0.118. The lowest BCUT2D eigenvalue weighted by Gasteiger charge is -2.23. The van der Waals surface area contributed by atoms with Gasteiger partial charge >= 0.3 is 29.0 Å². The molecule has 0 bridgehead atoms. The van der Waals surface area contributed by atoms with Gasteiger partial charge in [0.05, 0.1) is 34.3 Å². The standard InChI is InChI=1S/C23H29ClN5O8PS.C17H22ClF3N5O8PS.C17H23ClN9O8PS/c24-17-11-15(25-14-8-4-5-9-14)19-22(26-17)29(28-27-19)23-21(31)20(30)16(37-23)12-39(35,36)18(38(32,33)34)10-13-6-2-1-3-7-13;18-10-5-8(22-7-3-1-2-4-7)11-14(23-10)26(25-24-11)15-13(28)12(27)9(34-15)6-36(32,33)16(17(19,20)21)35(29,30)31;18-10-5-8(19-7-3-1-2-4-7)11-15(20-10)27(26-21-11)16-13(29)12(28)9(35-16)6-37(33,34)17(36(30,31)32)14-22-24-25-23-14/h1-3,6-7,11,14,16,18,20-21,23,30-31H,4-5,8-10,12H2,(H,25,26)(H2,32,33,34);5,7,9,12-13,15-16,27-28H,1-4,6H2,(H,22,23)(H2,29,30,31);5,7,9,12-13,16-17,28-29H,1-4,6H2,(H,19,20)(H2,30,31,32)(H,22,23,24,25)/t16-,18?,20-,21-,23-;9-,12-,13-,15-,16?;9-,12-,13-,16-,17?/m111/s1. The molecule has 10 heterocycles. The highest BCUT2D eigenvalue weighted by Gasteiger charge is 2.61. The molecule has 6 aliphatic rings. The minimum atomic E-state index is -6.20. The average Bonchev–Trinajstić information content (AvgIpc) is 1.64. The second-order valence-corrected chi connectivity index (χ2v) is 41.4. The number of anilines is 3. The number of halogens is 6. The Kier molecular flexibility index (Phi) is 25.5. The molecule has 3 unspecified atom stereocenters. The lowest BCUT2D eigenvalue weighted by Crippen LogP contribution is -2.43. The van der Waals surface area contributed by atoms with E-state index in [4.69, 9.17) is 58.8 Å². The quantitative estimate of drug-likeness (QED) is 0.0303. The van der Waals surface area contributed by atoms with Crippen LogP contribution in [0, 0.1) is 0 Å². The molecule has 3 saturated heterocycles. The molecule has 15 atom stereocenters. The molecular formula is C57H74Cl3F3N19O24P3S3. The molecule has 55 heteroatoms. The number of rotatable bonds is 24. The number of H-pyrrole nitrogens is 1. The summed E-state index contributed by atoms with van der Waals surface area (Å²) in [6.07, 6.45) is -14.3. The summed E-state index contributed by atoms with van der Waals surface area (Å²) in [6, 6.07) is 13.4. The van der Waals surface area contributed by atoms with Crippen LogP contribution in [0.2, 0.25) is 15.5 Å². The van der Waals surface area contributed by atoms with E-state index in [0.717, 1.165) is 91.1 Å². The number of alkyl halides is 3. The van der Waals surface area contributed by atoms with E-state index in [9.17, 15) is 102 Å². The Bertz CT molecular complexity index is 5210. The molecule has 8 aromatic rings. The van der Waals surface area contributed by atoms with Crippen LogP contribution in [0.15, 0.2) is 48.5 Å². The molecule has 3 saturated carbocycles.